The summed E-state index contributed by atoms with van der Waals surface area (Å²) in [5.41, 5.74) is 4.13. The van der Waals surface area contributed by atoms with E-state index in [0.29, 0.717) is 12.2 Å². The zero-order valence-electron chi connectivity index (χ0n) is 13.4. The average Bonchev–Trinajstić information content (AvgIpc) is 2.93. The smallest absolute Gasteiger partial charge is 0.201 e. The minimum atomic E-state index is 0.239. The normalized spacial score (nSPS) is 13.1. The number of phenolic OH excluding ortho intramolecular Hbond substituents is 1. The van der Waals surface area contributed by atoms with E-state index in [1.54, 1.807) is 12.1 Å². The molecule has 0 bridgehead atoms. The van der Waals surface area contributed by atoms with E-state index in [2.05, 4.69) is 6.61 Å². The summed E-state index contributed by atoms with van der Waals surface area (Å²) in [6.45, 7) is 11.0. The lowest BCUT2D eigenvalue weighted by atomic mass is 10.0. The third-order valence-corrected chi connectivity index (χ3v) is 4.07. The molecular formula is C19H20O3. The Morgan fingerprint density at radius 2 is 2.00 bits per heavy atom. The fourth-order valence-electron chi connectivity index (χ4n) is 2.80. The molecule has 0 aromatic heterocycles. The molecule has 0 unspecified atom stereocenters. The van der Waals surface area contributed by atoms with E-state index in [-0.39, 0.29) is 5.92 Å². The van der Waals surface area contributed by atoms with Gasteiger partial charge in [-0.25, -0.2) is 0 Å². The van der Waals surface area contributed by atoms with E-state index in [1.807, 2.05) is 39.8 Å². The van der Waals surface area contributed by atoms with Crippen LogP contribution in [0.15, 0.2) is 24.3 Å². The first-order valence-corrected chi connectivity index (χ1v) is 7.51. The number of aromatic hydroxyl groups is 1. The summed E-state index contributed by atoms with van der Waals surface area (Å²) in [5.74, 6) is 3.01. The number of aryl methyl sites for hydroxylation is 1. The van der Waals surface area contributed by atoms with Gasteiger partial charge in [0.25, 0.3) is 0 Å². The summed E-state index contributed by atoms with van der Waals surface area (Å²) in [5, 5.41) is 9.93. The first-order chi connectivity index (χ1) is 10.5. The zero-order valence-corrected chi connectivity index (χ0v) is 13.4. The molecule has 114 valence electrons. The van der Waals surface area contributed by atoms with E-state index in [1.165, 1.54) is 0 Å². The molecule has 2 aromatic rings. The lowest BCUT2D eigenvalue weighted by Crippen LogP contribution is -1.96. The van der Waals surface area contributed by atoms with E-state index >= 15 is 0 Å². The standard InChI is InChI=1S/C19H20O3/c1-11(2)16-10-14(5-6-17(16)20)22-19-12(3)9-18-15(13(19)4)7-8-21-18/h5-6,9-11,20H,7H2,1-4H3. The summed E-state index contributed by atoms with van der Waals surface area (Å²) in [6, 6.07) is 7.37. The molecular weight excluding hydrogens is 276 g/mol. The molecule has 22 heavy (non-hydrogen) atoms. The van der Waals surface area contributed by atoms with Crippen LogP contribution in [0.1, 0.15) is 42.0 Å². The second-order valence-electron chi connectivity index (χ2n) is 6.02. The molecule has 0 fully saturated rings. The van der Waals surface area contributed by atoms with Gasteiger partial charge in [0.1, 0.15) is 23.0 Å². The van der Waals surface area contributed by atoms with Gasteiger partial charge in [-0.3, -0.25) is 0 Å². The van der Waals surface area contributed by atoms with E-state index in [9.17, 15) is 5.11 Å². The molecule has 3 nitrogen and oxygen atoms in total. The van der Waals surface area contributed by atoms with Gasteiger partial charge in [0, 0.05) is 17.5 Å². The van der Waals surface area contributed by atoms with Crippen molar-refractivity contribution in [2.75, 3.05) is 0 Å². The molecule has 1 aliphatic heterocycles. The first kappa shape index (κ1) is 14.8. The molecule has 1 aliphatic rings. The number of fused-ring (bicyclic) bond motifs is 1. The number of hydrogen-bond donors (Lipinski definition) is 1. The Balaban J connectivity index is 1.99. The molecule has 0 spiro atoms. The van der Waals surface area contributed by atoms with Crippen molar-refractivity contribution in [3.63, 3.8) is 0 Å². The Bertz CT molecular complexity index is 717. The predicted molar refractivity (Wildman–Crippen MR) is 85.8 cm³/mol. The second-order valence-corrected chi connectivity index (χ2v) is 6.02. The van der Waals surface area contributed by atoms with Gasteiger partial charge in [-0.05, 0) is 55.2 Å². The van der Waals surface area contributed by atoms with Crippen LogP contribution in [0.3, 0.4) is 0 Å². The predicted octanol–water partition coefficient (Wildman–Crippen LogP) is 4.90. The van der Waals surface area contributed by atoms with Crippen molar-refractivity contribution in [2.24, 2.45) is 0 Å². The number of rotatable bonds is 3. The van der Waals surface area contributed by atoms with Crippen LogP contribution >= 0.6 is 0 Å². The summed E-state index contributed by atoms with van der Waals surface area (Å²) < 4.78 is 11.5. The van der Waals surface area contributed by atoms with Gasteiger partial charge in [0.05, 0.1) is 0 Å². The van der Waals surface area contributed by atoms with Crippen molar-refractivity contribution in [1.29, 1.82) is 0 Å². The van der Waals surface area contributed by atoms with Crippen LogP contribution in [-0.2, 0) is 6.42 Å². The fourth-order valence-corrected chi connectivity index (χ4v) is 2.80. The molecule has 3 heteroatoms. The van der Waals surface area contributed by atoms with Crippen molar-refractivity contribution >= 4 is 0 Å². The second kappa shape index (κ2) is 5.56. The highest BCUT2D eigenvalue weighted by Gasteiger charge is 2.21. The Hall–Kier alpha value is -2.16. The first-order valence-electron chi connectivity index (χ1n) is 7.51. The molecule has 0 amide bonds. The third kappa shape index (κ3) is 2.52. The van der Waals surface area contributed by atoms with Gasteiger partial charge in [0.15, 0.2) is 0 Å². The van der Waals surface area contributed by atoms with Gasteiger partial charge in [-0.15, -0.1) is 0 Å². The minimum Gasteiger partial charge on any atom is -0.508 e. The highest BCUT2D eigenvalue weighted by Crippen LogP contribution is 2.40. The largest absolute Gasteiger partial charge is 0.508 e. The van der Waals surface area contributed by atoms with Crippen LogP contribution in [-0.4, -0.2) is 5.11 Å². The Morgan fingerprint density at radius 1 is 1.23 bits per heavy atom. The van der Waals surface area contributed by atoms with Crippen molar-refractivity contribution in [3.05, 3.63) is 53.1 Å². The lowest BCUT2D eigenvalue weighted by Gasteiger charge is -2.16. The monoisotopic (exact) mass is 296 g/mol. The average molecular weight is 296 g/mol. The van der Waals surface area contributed by atoms with Gasteiger partial charge in [0.2, 0.25) is 6.61 Å². The molecule has 1 N–H and O–H groups in total. The number of phenols is 1. The fraction of sp³-hybridized carbons (Fsp3) is 0.316. The minimum absolute atomic E-state index is 0.239. The van der Waals surface area contributed by atoms with Crippen molar-refractivity contribution in [1.82, 2.24) is 0 Å². The van der Waals surface area contributed by atoms with Crippen molar-refractivity contribution < 1.29 is 14.6 Å². The topological polar surface area (TPSA) is 38.7 Å². The molecule has 0 saturated carbocycles. The van der Waals surface area contributed by atoms with Gasteiger partial charge in [-0.1, -0.05) is 13.8 Å². The summed E-state index contributed by atoms with van der Waals surface area (Å²) in [7, 11) is 0. The van der Waals surface area contributed by atoms with Gasteiger partial charge in [-0.2, -0.15) is 0 Å². The molecule has 2 radical (unpaired) electrons. The lowest BCUT2D eigenvalue weighted by molar-refractivity contribution is 0.433. The Kier molecular flexibility index (Phi) is 3.73. The highest BCUT2D eigenvalue weighted by atomic mass is 16.5. The highest BCUT2D eigenvalue weighted by molar-refractivity contribution is 5.56. The van der Waals surface area contributed by atoms with Crippen molar-refractivity contribution in [3.8, 4) is 23.0 Å². The van der Waals surface area contributed by atoms with Crippen LogP contribution < -0.4 is 9.47 Å². The van der Waals surface area contributed by atoms with Gasteiger partial charge < -0.3 is 14.6 Å². The Labute approximate surface area is 131 Å². The van der Waals surface area contributed by atoms with E-state index in [0.717, 1.165) is 39.5 Å². The molecule has 1 heterocycles. The number of benzene rings is 2. The van der Waals surface area contributed by atoms with Crippen LogP contribution in [0.4, 0.5) is 0 Å². The van der Waals surface area contributed by atoms with E-state index < -0.39 is 0 Å². The van der Waals surface area contributed by atoms with E-state index in [4.69, 9.17) is 9.47 Å². The van der Waals surface area contributed by atoms with Crippen LogP contribution in [0, 0.1) is 20.5 Å². The van der Waals surface area contributed by atoms with Gasteiger partial charge >= 0.3 is 0 Å². The van der Waals surface area contributed by atoms with Crippen LogP contribution in [0.2, 0.25) is 0 Å². The number of ether oxygens (including phenoxy) is 2. The molecule has 0 atom stereocenters. The maximum Gasteiger partial charge on any atom is 0.201 e. The third-order valence-electron chi connectivity index (χ3n) is 4.07. The Morgan fingerprint density at radius 3 is 2.73 bits per heavy atom. The molecule has 0 aliphatic carbocycles. The molecule has 0 saturated heterocycles. The maximum atomic E-state index is 9.93. The summed E-state index contributed by atoms with van der Waals surface area (Å²) in [6.07, 6.45) is 0.685. The molecule has 3 rings (SSSR count). The number of hydrogen-bond acceptors (Lipinski definition) is 3. The van der Waals surface area contributed by atoms with Crippen LogP contribution in [0.5, 0.6) is 23.0 Å². The zero-order chi connectivity index (χ0) is 15.9. The molecule has 2 aromatic carbocycles. The van der Waals surface area contributed by atoms with Crippen LogP contribution in [0.25, 0.3) is 0 Å². The summed E-state index contributed by atoms with van der Waals surface area (Å²) in [4.78, 5) is 0. The summed E-state index contributed by atoms with van der Waals surface area (Å²) >= 11 is 0. The maximum absolute atomic E-state index is 9.93. The van der Waals surface area contributed by atoms with Crippen molar-refractivity contribution in [2.45, 2.75) is 40.0 Å². The quantitative estimate of drug-likeness (QED) is 0.875. The SMILES string of the molecule is Cc1cc2c(c(C)c1Oc1ccc(O)c(C(C)C)c1)C[C]O2.